The molecule has 5 nitrogen and oxygen atoms in total. The van der Waals surface area contributed by atoms with Gasteiger partial charge in [-0.2, -0.15) is 0 Å². The zero-order valence-electron chi connectivity index (χ0n) is 11.0. The molecule has 1 atom stereocenters. The van der Waals surface area contributed by atoms with E-state index < -0.39 is 32.7 Å². The number of carbonyl (C=O) groups is 1. The number of esters is 1. The number of sulfonamides is 1. The second kappa shape index (κ2) is 6.50. The van der Waals surface area contributed by atoms with E-state index >= 15 is 0 Å². The van der Waals surface area contributed by atoms with E-state index in [1.165, 1.54) is 0 Å². The molecule has 0 aliphatic carbocycles. The summed E-state index contributed by atoms with van der Waals surface area (Å²) in [5.41, 5.74) is -0.241. The van der Waals surface area contributed by atoms with Crippen LogP contribution in [0.4, 0.5) is 4.39 Å². The Hall–Kier alpha value is -1.91. The summed E-state index contributed by atoms with van der Waals surface area (Å²) in [6, 6.07) is 2.26. The molecule has 7 heteroatoms. The summed E-state index contributed by atoms with van der Waals surface area (Å²) in [5.74, 6) is 0.668. The molecule has 0 heterocycles. The lowest BCUT2D eigenvalue weighted by atomic mass is 10.2. The van der Waals surface area contributed by atoms with Gasteiger partial charge in [0.15, 0.2) is 0 Å². The van der Waals surface area contributed by atoms with Crippen LogP contribution in [0.5, 0.6) is 0 Å². The Labute approximate surface area is 117 Å². The van der Waals surface area contributed by atoms with Crippen molar-refractivity contribution in [3.05, 3.63) is 29.6 Å². The average Bonchev–Trinajstić information content (AvgIpc) is 2.37. The number of terminal acetylenes is 1. The molecule has 0 aromatic heterocycles. The SMILES string of the molecule is C#CCC(C)NS(=O)(=O)c1cc(F)ccc1C(=O)OC. The number of methoxy groups -OCH3 is 1. The summed E-state index contributed by atoms with van der Waals surface area (Å²) in [6.45, 7) is 1.56. The number of rotatable bonds is 5. The third-order valence-corrected chi connectivity index (χ3v) is 4.05. The molecule has 0 spiro atoms. The topological polar surface area (TPSA) is 72.5 Å². The number of hydrogen-bond donors (Lipinski definition) is 1. The second-order valence-electron chi connectivity index (χ2n) is 4.06. The quantitative estimate of drug-likeness (QED) is 0.657. The highest BCUT2D eigenvalue weighted by Gasteiger charge is 2.25. The molecule has 0 saturated heterocycles. The molecule has 108 valence electrons. The van der Waals surface area contributed by atoms with Gasteiger partial charge in [-0.15, -0.1) is 12.3 Å². The van der Waals surface area contributed by atoms with Crippen molar-refractivity contribution in [2.24, 2.45) is 0 Å². The maximum Gasteiger partial charge on any atom is 0.339 e. The van der Waals surface area contributed by atoms with Crippen molar-refractivity contribution >= 4 is 16.0 Å². The fourth-order valence-corrected chi connectivity index (χ4v) is 2.99. The molecule has 0 bridgehead atoms. The Bertz CT molecular complexity index is 649. The van der Waals surface area contributed by atoms with Gasteiger partial charge in [-0.05, 0) is 25.1 Å². The van der Waals surface area contributed by atoms with Gasteiger partial charge in [0, 0.05) is 12.5 Å². The van der Waals surface area contributed by atoms with Crippen LogP contribution in [0.2, 0.25) is 0 Å². The lowest BCUT2D eigenvalue weighted by Crippen LogP contribution is -2.33. The van der Waals surface area contributed by atoms with E-state index in [4.69, 9.17) is 6.42 Å². The first-order valence-corrected chi connectivity index (χ1v) is 7.13. The molecule has 20 heavy (non-hydrogen) atoms. The van der Waals surface area contributed by atoms with Crippen LogP contribution in [0.25, 0.3) is 0 Å². The number of benzene rings is 1. The van der Waals surface area contributed by atoms with E-state index in [2.05, 4.69) is 15.4 Å². The lowest BCUT2D eigenvalue weighted by Gasteiger charge is -2.14. The van der Waals surface area contributed by atoms with Crippen LogP contribution in [0.3, 0.4) is 0 Å². The predicted molar refractivity (Wildman–Crippen MR) is 71.0 cm³/mol. The fourth-order valence-electron chi connectivity index (χ4n) is 1.54. The first kappa shape index (κ1) is 16.1. The van der Waals surface area contributed by atoms with Crippen LogP contribution < -0.4 is 4.72 Å². The molecule has 1 unspecified atom stereocenters. The van der Waals surface area contributed by atoms with Gasteiger partial charge in [0.25, 0.3) is 0 Å². The van der Waals surface area contributed by atoms with Crippen molar-refractivity contribution in [2.75, 3.05) is 7.11 Å². The molecule has 1 rings (SSSR count). The monoisotopic (exact) mass is 299 g/mol. The number of carbonyl (C=O) groups excluding carboxylic acids is 1. The summed E-state index contributed by atoms with van der Waals surface area (Å²) < 4.78 is 44.3. The van der Waals surface area contributed by atoms with Crippen LogP contribution >= 0.6 is 0 Å². The van der Waals surface area contributed by atoms with Crippen molar-refractivity contribution in [1.29, 1.82) is 0 Å². The lowest BCUT2D eigenvalue weighted by molar-refractivity contribution is 0.0596. The van der Waals surface area contributed by atoms with E-state index in [0.29, 0.717) is 0 Å². The van der Waals surface area contributed by atoms with E-state index in [9.17, 15) is 17.6 Å². The summed E-state index contributed by atoms with van der Waals surface area (Å²) in [6.07, 6.45) is 5.26. The fraction of sp³-hybridized carbons (Fsp3) is 0.308. The van der Waals surface area contributed by atoms with E-state index in [1.54, 1.807) is 6.92 Å². The van der Waals surface area contributed by atoms with Crippen molar-refractivity contribution < 1.29 is 22.3 Å². The van der Waals surface area contributed by atoms with Gasteiger partial charge in [0.05, 0.1) is 17.6 Å². The molecular formula is C13H14FNO4S. The van der Waals surface area contributed by atoms with E-state index in [0.717, 1.165) is 25.3 Å². The summed E-state index contributed by atoms with van der Waals surface area (Å²) in [5, 5.41) is 0. The third kappa shape index (κ3) is 3.79. The van der Waals surface area contributed by atoms with Crippen molar-refractivity contribution in [3.63, 3.8) is 0 Å². The van der Waals surface area contributed by atoms with Crippen LogP contribution in [0.1, 0.15) is 23.7 Å². The van der Waals surface area contributed by atoms with Gasteiger partial charge < -0.3 is 4.74 Å². The minimum atomic E-state index is -4.08. The Balaban J connectivity index is 3.27. The van der Waals surface area contributed by atoms with Crippen molar-refractivity contribution in [1.82, 2.24) is 4.72 Å². The molecule has 1 aromatic rings. The Morgan fingerprint density at radius 2 is 2.20 bits per heavy atom. The number of nitrogens with one attached hydrogen (secondary N) is 1. The largest absolute Gasteiger partial charge is 0.465 e. The average molecular weight is 299 g/mol. The van der Waals surface area contributed by atoms with E-state index in [-0.39, 0.29) is 12.0 Å². The number of ether oxygens (including phenoxy) is 1. The smallest absolute Gasteiger partial charge is 0.339 e. The Morgan fingerprint density at radius 1 is 1.55 bits per heavy atom. The zero-order valence-corrected chi connectivity index (χ0v) is 11.8. The van der Waals surface area contributed by atoms with Crippen molar-refractivity contribution in [2.45, 2.75) is 24.3 Å². The Kier molecular flexibility index (Phi) is 5.25. The predicted octanol–water partition coefficient (Wildman–Crippen LogP) is 1.30. The minimum Gasteiger partial charge on any atom is -0.465 e. The molecule has 0 radical (unpaired) electrons. The third-order valence-electron chi connectivity index (χ3n) is 2.42. The van der Waals surface area contributed by atoms with Crippen molar-refractivity contribution in [3.8, 4) is 12.3 Å². The van der Waals surface area contributed by atoms with Crippen LogP contribution in [0, 0.1) is 18.2 Å². The van der Waals surface area contributed by atoms with Crippen LogP contribution in [0.15, 0.2) is 23.1 Å². The highest BCUT2D eigenvalue weighted by Crippen LogP contribution is 2.19. The molecule has 0 saturated carbocycles. The molecular weight excluding hydrogens is 285 g/mol. The normalized spacial score (nSPS) is 12.5. The zero-order chi connectivity index (χ0) is 15.3. The molecule has 1 aromatic carbocycles. The number of halogens is 1. The summed E-state index contributed by atoms with van der Waals surface area (Å²) in [7, 11) is -2.97. The van der Waals surface area contributed by atoms with Gasteiger partial charge in [-0.25, -0.2) is 22.3 Å². The number of hydrogen-bond acceptors (Lipinski definition) is 4. The van der Waals surface area contributed by atoms with Gasteiger partial charge in [-0.1, -0.05) is 0 Å². The standard InChI is InChI=1S/C13H14FNO4S/c1-4-5-9(2)15-20(17,18)12-8-10(14)6-7-11(12)13(16)19-3/h1,6-9,15H,5H2,2-3H3. The maximum absolute atomic E-state index is 13.3. The highest BCUT2D eigenvalue weighted by molar-refractivity contribution is 7.89. The van der Waals surface area contributed by atoms with Gasteiger partial charge in [0.2, 0.25) is 10.0 Å². The first-order chi connectivity index (χ1) is 9.31. The molecule has 0 aliphatic heterocycles. The second-order valence-corrected chi connectivity index (χ2v) is 5.75. The molecule has 0 aliphatic rings. The minimum absolute atomic E-state index is 0.169. The summed E-state index contributed by atoms with van der Waals surface area (Å²) >= 11 is 0. The maximum atomic E-state index is 13.3. The van der Waals surface area contributed by atoms with Gasteiger partial charge in [-0.3, -0.25) is 0 Å². The van der Waals surface area contributed by atoms with Crippen LogP contribution in [-0.2, 0) is 14.8 Å². The molecule has 0 amide bonds. The van der Waals surface area contributed by atoms with Gasteiger partial charge in [0.1, 0.15) is 5.82 Å². The Morgan fingerprint density at radius 3 is 2.75 bits per heavy atom. The molecule has 0 fully saturated rings. The van der Waals surface area contributed by atoms with E-state index in [1.807, 2.05) is 0 Å². The highest BCUT2D eigenvalue weighted by atomic mass is 32.2. The summed E-state index contributed by atoms with van der Waals surface area (Å²) in [4.78, 5) is 11.1. The van der Waals surface area contributed by atoms with Crippen LogP contribution in [-0.4, -0.2) is 27.5 Å². The van der Waals surface area contributed by atoms with Gasteiger partial charge >= 0.3 is 5.97 Å². The molecule has 1 N–H and O–H groups in total. The first-order valence-electron chi connectivity index (χ1n) is 5.65.